The maximum absolute atomic E-state index is 14.1. The first kappa shape index (κ1) is 13.3. The highest BCUT2D eigenvalue weighted by Gasteiger charge is 2.28. The Morgan fingerprint density at radius 2 is 2.22 bits per heavy atom. The van der Waals surface area contributed by atoms with Crippen molar-refractivity contribution in [3.05, 3.63) is 28.0 Å². The van der Waals surface area contributed by atoms with E-state index in [2.05, 4.69) is 15.9 Å². The topological polar surface area (TPSA) is 47.3 Å². The number of hydrogen-bond donors (Lipinski definition) is 1. The minimum atomic E-state index is -0.406. The molecule has 5 heteroatoms. The summed E-state index contributed by atoms with van der Waals surface area (Å²) >= 11 is 3.10. The first-order chi connectivity index (χ1) is 8.52. The molecule has 1 aromatic carbocycles. The molecule has 0 amide bonds. The number of aliphatic hydroxyl groups excluding tert-OH is 1. The molecule has 1 fully saturated rings. The molecule has 1 aromatic rings. The fourth-order valence-electron chi connectivity index (χ4n) is 2.26. The molecule has 0 unspecified atom stereocenters. The minimum absolute atomic E-state index is 0.194. The fraction of sp³-hybridized carbons (Fsp3) is 0.462. The Hall–Kier alpha value is -1.12. The van der Waals surface area contributed by atoms with Gasteiger partial charge >= 0.3 is 0 Å². The second-order valence-electron chi connectivity index (χ2n) is 4.74. The monoisotopic (exact) mass is 312 g/mol. The van der Waals surface area contributed by atoms with Crippen molar-refractivity contribution in [2.45, 2.75) is 18.9 Å². The highest BCUT2D eigenvalue weighted by atomic mass is 79.9. The van der Waals surface area contributed by atoms with Crippen LogP contribution in [0, 0.1) is 23.1 Å². The third kappa shape index (κ3) is 2.50. The molecule has 0 heterocycles. The zero-order chi connectivity index (χ0) is 13.3. The summed E-state index contributed by atoms with van der Waals surface area (Å²) in [7, 11) is 1.82. The number of nitrogens with zero attached hydrogens (tertiary/aromatic N) is 2. The molecule has 1 N–H and O–H groups in total. The molecule has 1 saturated carbocycles. The predicted molar refractivity (Wildman–Crippen MR) is 70.8 cm³/mol. The van der Waals surface area contributed by atoms with E-state index in [0.717, 1.165) is 12.8 Å². The van der Waals surface area contributed by atoms with Crippen molar-refractivity contribution in [2.24, 2.45) is 5.92 Å². The average Bonchev–Trinajstić information content (AvgIpc) is 2.30. The highest BCUT2D eigenvalue weighted by molar-refractivity contribution is 9.10. The summed E-state index contributed by atoms with van der Waals surface area (Å²) in [4.78, 5) is 1.83. The lowest BCUT2D eigenvalue weighted by Gasteiger charge is -2.35. The number of anilines is 1. The first-order valence-electron chi connectivity index (χ1n) is 5.80. The Labute approximate surface area is 114 Å². The molecule has 2 rings (SSSR count). The van der Waals surface area contributed by atoms with Gasteiger partial charge in [-0.15, -0.1) is 0 Å². The molecule has 0 spiro atoms. The van der Waals surface area contributed by atoms with Crippen molar-refractivity contribution >= 4 is 21.6 Å². The van der Waals surface area contributed by atoms with E-state index in [0.29, 0.717) is 23.7 Å². The SMILES string of the molecule is CN(CC1CC(O)C1)c1ccc(C#N)c(Br)c1F. The van der Waals surface area contributed by atoms with Crippen molar-refractivity contribution in [2.75, 3.05) is 18.5 Å². The van der Waals surface area contributed by atoms with Crippen LogP contribution in [0.4, 0.5) is 10.1 Å². The number of halogens is 2. The highest BCUT2D eigenvalue weighted by Crippen LogP contribution is 2.32. The summed E-state index contributed by atoms with van der Waals surface area (Å²) in [6, 6.07) is 5.16. The number of nitriles is 1. The van der Waals surface area contributed by atoms with E-state index >= 15 is 0 Å². The summed E-state index contributed by atoms with van der Waals surface area (Å²) < 4.78 is 14.3. The van der Waals surface area contributed by atoms with Crippen LogP contribution in [0.3, 0.4) is 0 Å². The van der Waals surface area contributed by atoms with Crippen LogP contribution >= 0.6 is 15.9 Å². The molecule has 3 nitrogen and oxygen atoms in total. The van der Waals surface area contributed by atoms with Crippen LogP contribution in [0.5, 0.6) is 0 Å². The molecular weight excluding hydrogens is 299 g/mol. The van der Waals surface area contributed by atoms with E-state index in [4.69, 9.17) is 5.26 Å². The van der Waals surface area contributed by atoms with Gasteiger partial charge in [0.15, 0.2) is 5.82 Å². The standard InChI is InChI=1S/C13H14BrFN2O/c1-17(7-8-4-10(18)5-8)11-3-2-9(6-16)12(14)13(11)15/h2-3,8,10,18H,4-5,7H2,1H3. The van der Waals surface area contributed by atoms with Crippen LogP contribution in [-0.2, 0) is 0 Å². The Kier molecular flexibility index (Phi) is 3.88. The lowest BCUT2D eigenvalue weighted by Crippen LogP contribution is -2.37. The summed E-state index contributed by atoms with van der Waals surface area (Å²) in [5, 5.41) is 18.0. The Morgan fingerprint density at radius 3 is 2.78 bits per heavy atom. The van der Waals surface area contributed by atoms with Gasteiger partial charge in [0.2, 0.25) is 0 Å². The average molecular weight is 313 g/mol. The van der Waals surface area contributed by atoms with Crippen LogP contribution in [-0.4, -0.2) is 24.8 Å². The summed E-state index contributed by atoms with van der Waals surface area (Å²) in [6.45, 7) is 0.715. The molecule has 96 valence electrons. The van der Waals surface area contributed by atoms with E-state index in [1.807, 2.05) is 18.0 Å². The van der Waals surface area contributed by atoms with Crippen molar-refractivity contribution in [3.63, 3.8) is 0 Å². The predicted octanol–water partition coefficient (Wildman–Crippen LogP) is 2.67. The Balaban J connectivity index is 2.13. The lowest BCUT2D eigenvalue weighted by molar-refractivity contribution is 0.0464. The molecule has 0 aliphatic heterocycles. The fourth-order valence-corrected chi connectivity index (χ4v) is 2.68. The summed E-state index contributed by atoms with van der Waals surface area (Å²) in [5.41, 5.74) is 0.769. The van der Waals surface area contributed by atoms with Gasteiger partial charge < -0.3 is 10.0 Å². The van der Waals surface area contributed by atoms with E-state index in [1.54, 1.807) is 12.1 Å². The van der Waals surface area contributed by atoms with Crippen molar-refractivity contribution < 1.29 is 9.50 Å². The molecule has 0 radical (unpaired) electrons. The van der Waals surface area contributed by atoms with Gasteiger partial charge in [-0.1, -0.05) is 0 Å². The van der Waals surface area contributed by atoms with Gasteiger partial charge in [-0.05, 0) is 46.8 Å². The Morgan fingerprint density at radius 1 is 1.56 bits per heavy atom. The van der Waals surface area contributed by atoms with Gasteiger partial charge in [-0.2, -0.15) is 5.26 Å². The van der Waals surface area contributed by atoms with Crippen LogP contribution in [0.2, 0.25) is 0 Å². The van der Waals surface area contributed by atoms with E-state index in [-0.39, 0.29) is 10.6 Å². The van der Waals surface area contributed by atoms with Crippen LogP contribution < -0.4 is 4.90 Å². The molecule has 0 aromatic heterocycles. The van der Waals surface area contributed by atoms with Gasteiger partial charge in [-0.25, -0.2) is 4.39 Å². The normalized spacial score (nSPS) is 22.2. The molecule has 0 bridgehead atoms. The van der Waals surface area contributed by atoms with Crippen molar-refractivity contribution in [3.8, 4) is 6.07 Å². The van der Waals surface area contributed by atoms with Gasteiger partial charge in [0.1, 0.15) is 6.07 Å². The lowest BCUT2D eigenvalue weighted by atomic mass is 9.82. The minimum Gasteiger partial charge on any atom is -0.393 e. The zero-order valence-electron chi connectivity index (χ0n) is 10.0. The van der Waals surface area contributed by atoms with Crippen molar-refractivity contribution in [1.82, 2.24) is 0 Å². The zero-order valence-corrected chi connectivity index (χ0v) is 11.6. The molecule has 0 saturated heterocycles. The smallest absolute Gasteiger partial charge is 0.161 e. The number of rotatable bonds is 3. The van der Waals surface area contributed by atoms with E-state index < -0.39 is 5.82 Å². The van der Waals surface area contributed by atoms with E-state index in [9.17, 15) is 9.50 Å². The van der Waals surface area contributed by atoms with Gasteiger partial charge in [0, 0.05) is 13.6 Å². The molecule has 18 heavy (non-hydrogen) atoms. The molecular formula is C13H14BrFN2O. The number of benzene rings is 1. The quantitative estimate of drug-likeness (QED) is 0.933. The molecule has 0 atom stereocenters. The van der Waals surface area contributed by atoms with Gasteiger partial charge in [0.25, 0.3) is 0 Å². The first-order valence-corrected chi connectivity index (χ1v) is 6.59. The van der Waals surface area contributed by atoms with Gasteiger partial charge in [-0.3, -0.25) is 0 Å². The molecule has 1 aliphatic carbocycles. The number of hydrogen-bond acceptors (Lipinski definition) is 3. The largest absolute Gasteiger partial charge is 0.393 e. The summed E-state index contributed by atoms with van der Waals surface area (Å²) in [6.07, 6.45) is 1.37. The maximum Gasteiger partial charge on any atom is 0.161 e. The number of aliphatic hydroxyl groups is 1. The Bertz CT molecular complexity index is 494. The van der Waals surface area contributed by atoms with E-state index in [1.165, 1.54) is 0 Å². The third-order valence-corrected chi connectivity index (χ3v) is 4.11. The molecule has 1 aliphatic rings. The maximum atomic E-state index is 14.1. The van der Waals surface area contributed by atoms with Crippen LogP contribution in [0.25, 0.3) is 0 Å². The van der Waals surface area contributed by atoms with Gasteiger partial charge in [0.05, 0.1) is 21.8 Å². The second-order valence-corrected chi connectivity index (χ2v) is 5.54. The third-order valence-electron chi connectivity index (χ3n) is 3.34. The second kappa shape index (κ2) is 5.25. The van der Waals surface area contributed by atoms with Crippen LogP contribution in [0.15, 0.2) is 16.6 Å². The summed E-state index contributed by atoms with van der Waals surface area (Å²) in [5.74, 6) is 0.00948. The van der Waals surface area contributed by atoms with Crippen LogP contribution in [0.1, 0.15) is 18.4 Å². The van der Waals surface area contributed by atoms with Crippen molar-refractivity contribution in [1.29, 1.82) is 5.26 Å².